The highest BCUT2D eigenvalue weighted by Gasteiger charge is 2.09. The van der Waals surface area contributed by atoms with E-state index >= 15 is 0 Å². The lowest BCUT2D eigenvalue weighted by molar-refractivity contribution is 0.0480. The molecule has 0 spiro atoms. The molecule has 0 saturated heterocycles. The maximum Gasteiger partial charge on any atom is 0.140 e. The molecule has 5 heteroatoms. The van der Waals surface area contributed by atoms with Crippen LogP contribution in [0.4, 0.5) is 0 Å². The molecule has 0 aliphatic heterocycles. The lowest BCUT2D eigenvalue weighted by Crippen LogP contribution is -2.15. The molecule has 5 nitrogen and oxygen atoms in total. The van der Waals surface area contributed by atoms with Gasteiger partial charge in [0.2, 0.25) is 0 Å². The van der Waals surface area contributed by atoms with Gasteiger partial charge in [-0.1, -0.05) is 36.9 Å². The second-order valence-corrected chi connectivity index (χ2v) is 4.08. The van der Waals surface area contributed by atoms with E-state index in [9.17, 15) is 0 Å². The predicted octanol–water partition coefficient (Wildman–Crippen LogP) is 1.57. The maximum atomic E-state index is 8.63. The molecular weight excluding hydrogens is 242 g/mol. The number of nitrogens with one attached hydrogen (secondary N) is 1. The van der Waals surface area contributed by atoms with Crippen molar-refractivity contribution in [1.82, 2.24) is 15.0 Å². The lowest BCUT2D eigenvalue weighted by atomic mass is 10.2. The highest BCUT2D eigenvalue weighted by atomic mass is 16.6. The Hall–Kier alpha value is -2.11. The third-order valence-corrected chi connectivity index (χ3v) is 2.61. The highest BCUT2D eigenvalue weighted by Crippen LogP contribution is 2.19. The van der Waals surface area contributed by atoms with Gasteiger partial charge in [0, 0.05) is 18.8 Å². The second-order valence-electron chi connectivity index (χ2n) is 4.08. The molecule has 2 rings (SSSR count). The van der Waals surface area contributed by atoms with Crippen molar-refractivity contribution in [3.63, 3.8) is 0 Å². The first-order valence-corrected chi connectivity index (χ1v) is 5.99. The summed E-state index contributed by atoms with van der Waals surface area (Å²) in [6.45, 7) is 4.01. The topological polar surface area (TPSA) is 59.3 Å². The van der Waals surface area contributed by atoms with E-state index in [1.54, 1.807) is 0 Å². The number of imidazole rings is 1. The van der Waals surface area contributed by atoms with E-state index in [0.717, 1.165) is 11.4 Å². The predicted molar refractivity (Wildman–Crippen MR) is 73.9 cm³/mol. The van der Waals surface area contributed by atoms with Crippen LogP contribution >= 0.6 is 0 Å². The summed E-state index contributed by atoms with van der Waals surface area (Å²) in [5.74, 6) is 0.862. The molecule has 0 aliphatic rings. The zero-order valence-corrected chi connectivity index (χ0v) is 10.8. The largest absolute Gasteiger partial charge is 0.394 e. The second kappa shape index (κ2) is 6.17. The minimum Gasteiger partial charge on any atom is -0.394 e. The maximum absolute atomic E-state index is 8.63. The molecule has 0 unspecified atom stereocenters. The van der Waals surface area contributed by atoms with Crippen molar-refractivity contribution >= 4 is 5.70 Å². The molecule has 1 aromatic heterocycles. The molecule has 0 fully saturated rings. The van der Waals surface area contributed by atoms with E-state index in [1.807, 2.05) is 48.1 Å². The molecule has 2 aromatic rings. The van der Waals surface area contributed by atoms with Gasteiger partial charge >= 0.3 is 0 Å². The average molecular weight is 259 g/mol. The fraction of sp³-hybridized carbons (Fsp3) is 0.214. The van der Waals surface area contributed by atoms with Crippen LogP contribution in [0.15, 0.2) is 43.1 Å². The minimum atomic E-state index is -0.0439. The summed E-state index contributed by atoms with van der Waals surface area (Å²) in [7, 11) is 1.93. The first-order chi connectivity index (χ1) is 9.22. The van der Waals surface area contributed by atoms with Crippen molar-refractivity contribution in [2.75, 3.05) is 13.2 Å². The summed E-state index contributed by atoms with van der Waals surface area (Å²) in [5.41, 5.74) is 4.97. The van der Waals surface area contributed by atoms with E-state index in [4.69, 9.17) is 9.94 Å². The van der Waals surface area contributed by atoms with Gasteiger partial charge in [-0.15, -0.1) is 0 Å². The molecule has 0 aliphatic carbocycles. The Morgan fingerprint density at radius 2 is 2.16 bits per heavy atom. The summed E-state index contributed by atoms with van der Waals surface area (Å²) in [6.07, 6.45) is 1.87. The number of aromatic nitrogens is 2. The van der Waals surface area contributed by atoms with Crippen LogP contribution in [-0.4, -0.2) is 27.9 Å². The summed E-state index contributed by atoms with van der Waals surface area (Å²) in [6, 6.07) is 9.92. The van der Waals surface area contributed by atoms with Crippen molar-refractivity contribution in [3.05, 3.63) is 48.8 Å². The Balaban J connectivity index is 2.15. The number of hydrogen-bond acceptors (Lipinski definition) is 4. The Labute approximate surface area is 112 Å². The zero-order chi connectivity index (χ0) is 13.7. The van der Waals surface area contributed by atoms with Crippen molar-refractivity contribution in [3.8, 4) is 11.4 Å². The molecule has 0 saturated carbocycles. The molecule has 2 N–H and O–H groups in total. The molecule has 19 heavy (non-hydrogen) atoms. The lowest BCUT2D eigenvalue weighted by Gasteiger charge is -2.05. The van der Waals surface area contributed by atoms with Crippen LogP contribution in [0.1, 0.15) is 5.69 Å². The highest BCUT2D eigenvalue weighted by molar-refractivity contribution is 5.63. The first kappa shape index (κ1) is 13.3. The molecule has 0 amide bonds. The molecule has 1 aromatic carbocycles. The molecule has 0 atom stereocenters. The number of aliphatic hydroxyl groups excluding tert-OH is 1. The Kier molecular flexibility index (Phi) is 4.33. The molecule has 100 valence electrons. The van der Waals surface area contributed by atoms with Crippen LogP contribution in [0, 0.1) is 0 Å². The van der Waals surface area contributed by atoms with Gasteiger partial charge < -0.3 is 9.67 Å². The van der Waals surface area contributed by atoms with E-state index in [2.05, 4.69) is 17.0 Å². The Bertz CT molecular complexity index is 549. The number of benzene rings is 1. The van der Waals surface area contributed by atoms with E-state index in [-0.39, 0.29) is 13.2 Å². The van der Waals surface area contributed by atoms with Gasteiger partial charge in [-0.2, -0.15) is 0 Å². The van der Waals surface area contributed by atoms with Crippen LogP contribution in [-0.2, 0) is 11.9 Å². The van der Waals surface area contributed by atoms with E-state index < -0.39 is 0 Å². The van der Waals surface area contributed by atoms with E-state index in [1.165, 1.54) is 0 Å². The third-order valence-electron chi connectivity index (χ3n) is 2.61. The quantitative estimate of drug-likeness (QED) is 0.610. The number of hydrogen-bond donors (Lipinski definition) is 2. The van der Waals surface area contributed by atoms with Crippen LogP contribution in [0.2, 0.25) is 0 Å². The zero-order valence-electron chi connectivity index (χ0n) is 10.8. The van der Waals surface area contributed by atoms with Gasteiger partial charge in [-0.25, -0.2) is 4.98 Å². The average Bonchev–Trinajstić information content (AvgIpc) is 2.82. The van der Waals surface area contributed by atoms with Gasteiger partial charge in [-0.3, -0.25) is 10.3 Å². The number of hydroxylamine groups is 1. The third kappa shape index (κ3) is 3.21. The van der Waals surface area contributed by atoms with Gasteiger partial charge in [0.1, 0.15) is 11.5 Å². The summed E-state index contributed by atoms with van der Waals surface area (Å²) in [5, 5.41) is 8.63. The van der Waals surface area contributed by atoms with Crippen LogP contribution in [0.25, 0.3) is 17.1 Å². The van der Waals surface area contributed by atoms with Crippen LogP contribution in [0.5, 0.6) is 0 Å². The number of aryl methyl sites for hydroxylation is 1. The first-order valence-electron chi connectivity index (χ1n) is 5.99. The summed E-state index contributed by atoms with van der Waals surface area (Å²) >= 11 is 0. The molecule has 1 heterocycles. The van der Waals surface area contributed by atoms with Crippen molar-refractivity contribution in [2.45, 2.75) is 0 Å². The smallest absolute Gasteiger partial charge is 0.140 e. The summed E-state index contributed by atoms with van der Waals surface area (Å²) < 4.78 is 1.93. The molecule has 0 bridgehead atoms. The van der Waals surface area contributed by atoms with Crippen LogP contribution in [0.3, 0.4) is 0 Å². The van der Waals surface area contributed by atoms with Crippen molar-refractivity contribution < 1.29 is 9.94 Å². The van der Waals surface area contributed by atoms with Crippen LogP contribution < -0.4 is 5.48 Å². The van der Waals surface area contributed by atoms with E-state index in [0.29, 0.717) is 11.4 Å². The number of rotatable bonds is 6. The van der Waals surface area contributed by atoms with Crippen molar-refractivity contribution in [2.24, 2.45) is 7.05 Å². The standard InChI is InChI=1S/C14H17N3O2/c1-11(16-19-9-8-18)13-10-17(2)14(15-13)12-6-4-3-5-7-12/h3-7,10,16,18H,1,8-9H2,2H3. The minimum absolute atomic E-state index is 0.0439. The molecule has 0 radical (unpaired) electrons. The Morgan fingerprint density at radius 3 is 2.84 bits per heavy atom. The fourth-order valence-corrected chi connectivity index (χ4v) is 1.70. The fourth-order valence-electron chi connectivity index (χ4n) is 1.70. The normalized spacial score (nSPS) is 10.4. The van der Waals surface area contributed by atoms with Gasteiger partial charge in [-0.05, 0) is 0 Å². The van der Waals surface area contributed by atoms with Crippen molar-refractivity contribution in [1.29, 1.82) is 0 Å². The monoisotopic (exact) mass is 259 g/mol. The van der Waals surface area contributed by atoms with Gasteiger partial charge in [0.25, 0.3) is 0 Å². The number of nitrogens with zero attached hydrogens (tertiary/aromatic N) is 2. The number of aliphatic hydroxyl groups is 1. The Morgan fingerprint density at radius 1 is 1.42 bits per heavy atom. The summed E-state index contributed by atoms with van der Waals surface area (Å²) in [4.78, 5) is 9.52. The van der Waals surface area contributed by atoms with Gasteiger partial charge in [0.15, 0.2) is 0 Å². The molecular formula is C14H17N3O2. The SMILES string of the molecule is C=C(NOCCO)c1cn(C)c(-c2ccccc2)n1. The van der Waals surface area contributed by atoms with Gasteiger partial charge in [0.05, 0.1) is 18.9 Å².